The van der Waals surface area contributed by atoms with E-state index in [1.807, 2.05) is 19.2 Å². The van der Waals surface area contributed by atoms with E-state index < -0.39 is 0 Å². The van der Waals surface area contributed by atoms with Crippen molar-refractivity contribution >= 4 is 10.9 Å². The Labute approximate surface area is 77.2 Å². The molecule has 2 rings (SSSR count). The Morgan fingerprint density at radius 3 is 3.00 bits per heavy atom. The number of nitrogens with one attached hydrogen (secondary N) is 1. The first-order chi connectivity index (χ1) is 6.31. The molecule has 0 aliphatic rings. The van der Waals surface area contributed by atoms with Gasteiger partial charge in [-0.05, 0) is 29.1 Å². The van der Waals surface area contributed by atoms with Crippen LogP contribution in [0.5, 0.6) is 0 Å². The van der Waals surface area contributed by atoms with Crippen molar-refractivity contribution in [2.75, 3.05) is 6.61 Å². The van der Waals surface area contributed by atoms with Crippen LogP contribution in [0.3, 0.4) is 0 Å². The van der Waals surface area contributed by atoms with E-state index in [-0.39, 0.29) is 12.5 Å². The fourth-order valence-electron chi connectivity index (χ4n) is 1.48. The number of hydrogen-bond acceptors (Lipinski definition) is 1. The molecule has 1 aromatic carbocycles. The highest BCUT2D eigenvalue weighted by atomic mass is 16.3. The summed E-state index contributed by atoms with van der Waals surface area (Å²) in [5.74, 6) is 0.222. The topological polar surface area (TPSA) is 36.0 Å². The monoisotopic (exact) mass is 175 g/mol. The van der Waals surface area contributed by atoms with Gasteiger partial charge in [0, 0.05) is 24.2 Å². The second-order valence-corrected chi connectivity index (χ2v) is 3.41. The van der Waals surface area contributed by atoms with Crippen molar-refractivity contribution in [2.45, 2.75) is 12.8 Å². The molecule has 0 aliphatic carbocycles. The van der Waals surface area contributed by atoms with Crippen molar-refractivity contribution in [1.82, 2.24) is 4.98 Å². The third-order valence-corrected chi connectivity index (χ3v) is 2.42. The van der Waals surface area contributed by atoms with E-state index in [9.17, 15) is 0 Å². The van der Waals surface area contributed by atoms with Crippen LogP contribution in [0.4, 0.5) is 0 Å². The van der Waals surface area contributed by atoms with Gasteiger partial charge in [0.25, 0.3) is 0 Å². The van der Waals surface area contributed by atoms with E-state index in [1.54, 1.807) is 0 Å². The van der Waals surface area contributed by atoms with E-state index in [1.165, 1.54) is 10.9 Å². The minimum absolute atomic E-state index is 0.204. The van der Waals surface area contributed by atoms with Crippen LogP contribution in [0.2, 0.25) is 0 Å². The number of aromatic amines is 1. The minimum atomic E-state index is 0.204. The van der Waals surface area contributed by atoms with Crippen LogP contribution in [0.25, 0.3) is 10.9 Å². The zero-order valence-corrected chi connectivity index (χ0v) is 7.62. The van der Waals surface area contributed by atoms with Crippen molar-refractivity contribution in [3.8, 4) is 0 Å². The third-order valence-electron chi connectivity index (χ3n) is 2.42. The van der Waals surface area contributed by atoms with Gasteiger partial charge >= 0.3 is 0 Å². The van der Waals surface area contributed by atoms with Gasteiger partial charge in [0.1, 0.15) is 0 Å². The second-order valence-electron chi connectivity index (χ2n) is 3.41. The van der Waals surface area contributed by atoms with Crippen molar-refractivity contribution in [3.05, 3.63) is 36.0 Å². The lowest BCUT2D eigenvalue weighted by Gasteiger charge is -2.07. The van der Waals surface area contributed by atoms with Crippen LogP contribution in [0.15, 0.2) is 30.5 Å². The van der Waals surface area contributed by atoms with Crippen molar-refractivity contribution in [3.63, 3.8) is 0 Å². The SMILES string of the molecule is CC(CO)c1ccc2[nH]ccc2c1. The van der Waals surface area contributed by atoms with Gasteiger partial charge in [-0.3, -0.25) is 0 Å². The highest BCUT2D eigenvalue weighted by Crippen LogP contribution is 2.20. The molecule has 0 saturated carbocycles. The Bertz CT molecular complexity index is 405. The van der Waals surface area contributed by atoms with Crippen LogP contribution in [-0.4, -0.2) is 16.7 Å². The molecule has 2 nitrogen and oxygen atoms in total. The molecule has 1 heterocycles. The summed E-state index contributed by atoms with van der Waals surface area (Å²) in [5, 5.41) is 10.2. The predicted molar refractivity (Wildman–Crippen MR) is 53.8 cm³/mol. The maximum absolute atomic E-state index is 9.00. The average Bonchev–Trinajstić information content (AvgIpc) is 2.63. The molecule has 0 amide bonds. The van der Waals surface area contributed by atoms with E-state index in [4.69, 9.17) is 5.11 Å². The summed E-state index contributed by atoms with van der Waals surface area (Å²) in [6.45, 7) is 2.23. The summed E-state index contributed by atoms with van der Waals surface area (Å²) in [6.07, 6.45) is 1.93. The largest absolute Gasteiger partial charge is 0.396 e. The smallest absolute Gasteiger partial charge is 0.0497 e. The summed E-state index contributed by atoms with van der Waals surface area (Å²) in [6, 6.07) is 8.27. The van der Waals surface area contributed by atoms with Crippen LogP contribution < -0.4 is 0 Å². The molecule has 2 N–H and O–H groups in total. The van der Waals surface area contributed by atoms with Crippen molar-refractivity contribution in [1.29, 1.82) is 0 Å². The number of aliphatic hydroxyl groups excluding tert-OH is 1. The first kappa shape index (κ1) is 8.32. The van der Waals surface area contributed by atoms with E-state index >= 15 is 0 Å². The quantitative estimate of drug-likeness (QED) is 0.721. The van der Waals surface area contributed by atoms with Gasteiger partial charge in [-0.25, -0.2) is 0 Å². The lowest BCUT2D eigenvalue weighted by Crippen LogP contribution is -1.97. The Hall–Kier alpha value is -1.28. The molecule has 1 unspecified atom stereocenters. The number of H-pyrrole nitrogens is 1. The molecule has 0 aliphatic heterocycles. The normalized spacial score (nSPS) is 13.4. The molecule has 0 spiro atoms. The van der Waals surface area contributed by atoms with E-state index in [0.717, 1.165) is 5.52 Å². The molecule has 0 bridgehead atoms. The van der Waals surface area contributed by atoms with Crippen LogP contribution in [0, 0.1) is 0 Å². The Kier molecular flexibility index (Phi) is 2.07. The summed E-state index contributed by atoms with van der Waals surface area (Å²) < 4.78 is 0. The maximum atomic E-state index is 9.00. The van der Waals surface area contributed by atoms with Gasteiger partial charge < -0.3 is 10.1 Å². The Morgan fingerprint density at radius 1 is 1.38 bits per heavy atom. The number of aromatic nitrogens is 1. The molecule has 0 saturated heterocycles. The van der Waals surface area contributed by atoms with Gasteiger partial charge in [0.05, 0.1) is 0 Å². The van der Waals surface area contributed by atoms with Gasteiger partial charge in [0.15, 0.2) is 0 Å². The fraction of sp³-hybridized carbons (Fsp3) is 0.273. The van der Waals surface area contributed by atoms with Crippen LogP contribution in [0.1, 0.15) is 18.4 Å². The van der Waals surface area contributed by atoms with Gasteiger partial charge in [-0.2, -0.15) is 0 Å². The maximum Gasteiger partial charge on any atom is 0.0497 e. The highest BCUT2D eigenvalue weighted by Gasteiger charge is 2.04. The molecular formula is C11H13NO. The molecule has 13 heavy (non-hydrogen) atoms. The summed E-state index contributed by atoms with van der Waals surface area (Å²) >= 11 is 0. The van der Waals surface area contributed by atoms with Gasteiger partial charge in [0.2, 0.25) is 0 Å². The third kappa shape index (κ3) is 1.45. The standard InChI is InChI=1S/C11H13NO/c1-8(7-13)9-2-3-11-10(6-9)4-5-12-11/h2-6,8,12-13H,7H2,1H3. The zero-order chi connectivity index (χ0) is 9.26. The second kappa shape index (κ2) is 3.23. The van der Waals surface area contributed by atoms with E-state index in [2.05, 4.69) is 23.2 Å². The molecule has 1 aromatic heterocycles. The molecule has 68 valence electrons. The molecule has 2 aromatic rings. The minimum Gasteiger partial charge on any atom is -0.396 e. The number of rotatable bonds is 2. The van der Waals surface area contributed by atoms with E-state index in [0.29, 0.717) is 0 Å². The summed E-state index contributed by atoms with van der Waals surface area (Å²) in [4.78, 5) is 3.14. The molecule has 1 atom stereocenters. The first-order valence-electron chi connectivity index (χ1n) is 4.49. The molecule has 0 radical (unpaired) electrons. The van der Waals surface area contributed by atoms with Crippen molar-refractivity contribution < 1.29 is 5.11 Å². The fourth-order valence-corrected chi connectivity index (χ4v) is 1.48. The summed E-state index contributed by atoms with van der Waals surface area (Å²) in [5.41, 5.74) is 2.34. The van der Waals surface area contributed by atoms with Crippen LogP contribution >= 0.6 is 0 Å². The lowest BCUT2D eigenvalue weighted by molar-refractivity contribution is 0.273. The number of benzene rings is 1. The highest BCUT2D eigenvalue weighted by molar-refractivity contribution is 5.80. The molecular weight excluding hydrogens is 162 g/mol. The molecule has 2 heteroatoms. The lowest BCUT2D eigenvalue weighted by atomic mass is 10.0. The van der Waals surface area contributed by atoms with Crippen molar-refractivity contribution in [2.24, 2.45) is 0 Å². The average molecular weight is 175 g/mol. The van der Waals surface area contributed by atoms with Gasteiger partial charge in [-0.15, -0.1) is 0 Å². The first-order valence-corrected chi connectivity index (χ1v) is 4.49. The predicted octanol–water partition coefficient (Wildman–Crippen LogP) is 2.26. The van der Waals surface area contributed by atoms with Gasteiger partial charge in [-0.1, -0.05) is 13.0 Å². The molecule has 0 fully saturated rings. The Morgan fingerprint density at radius 2 is 2.23 bits per heavy atom. The summed E-state index contributed by atoms with van der Waals surface area (Å²) in [7, 11) is 0. The number of hydrogen-bond donors (Lipinski definition) is 2. The number of fused-ring (bicyclic) bond motifs is 1. The zero-order valence-electron chi connectivity index (χ0n) is 7.62. The van der Waals surface area contributed by atoms with Crippen LogP contribution in [-0.2, 0) is 0 Å². The number of aliphatic hydroxyl groups is 1. The Balaban J connectivity index is 2.48.